The van der Waals surface area contributed by atoms with Gasteiger partial charge in [-0.25, -0.2) is 4.39 Å². The van der Waals surface area contributed by atoms with Crippen LogP contribution in [0.5, 0.6) is 0 Å². The van der Waals surface area contributed by atoms with E-state index < -0.39 is 5.82 Å². The lowest BCUT2D eigenvalue weighted by molar-refractivity contribution is -0.124. The van der Waals surface area contributed by atoms with Gasteiger partial charge in [-0.3, -0.25) is 14.5 Å². The Kier molecular flexibility index (Phi) is 5.77. The van der Waals surface area contributed by atoms with Gasteiger partial charge in [-0.05, 0) is 32.9 Å². The van der Waals surface area contributed by atoms with Gasteiger partial charge in [-0.1, -0.05) is 42.2 Å². The molecule has 1 N–H and O–H groups in total. The Morgan fingerprint density at radius 1 is 1.38 bits per heavy atom. The third kappa shape index (κ3) is 4.88. The maximum Gasteiger partial charge on any atom is 0.266 e. The molecule has 0 aromatic heterocycles. The number of carbonyl (C=O) groups excluding carboxylic acids is 2. The first-order valence-corrected chi connectivity index (χ1v) is 8.71. The molecule has 0 unspecified atom stereocenters. The Labute approximate surface area is 150 Å². The topological polar surface area (TPSA) is 49.4 Å². The van der Waals surface area contributed by atoms with Crippen LogP contribution in [0, 0.1) is 5.82 Å². The number of thioether (sulfide) groups is 1. The summed E-state index contributed by atoms with van der Waals surface area (Å²) in [4.78, 5) is 26.1. The van der Waals surface area contributed by atoms with Gasteiger partial charge >= 0.3 is 0 Å². The molecule has 0 atom stereocenters. The van der Waals surface area contributed by atoms with Crippen LogP contribution in [0.4, 0.5) is 4.39 Å². The van der Waals surface area contributed by atoms with Gasteiger partial charge in [0, 0.05) is 24.1 Å². The Morgan fingerprint density at radius 3 is 2.67 bits per heavy atom. The molecule has 24 heavy (non-hydrogen) atoms. The lowest BCUT2D eigenvalue weighted by Gasteiger charge is -2.21. The number of rotatable bonds is 4. The summed E-state index contributed by atoms with van der Waals surface area (Å²) in [7, 11) is 0. The summed E-state index contributed by atoms with van der Waals surface area (Å²) in [5, 5.41) is 2.84. The van der Waals surface area contributed by atoms with Crippen molar-refractivity contribution in [2.45, 2.75) is 32.7 Å². The number of thiocarbonyl (C=S) groups is 1. The normalized spacial score (nSPS) is 16.8. The van der Waals surface area contributed by atoms with Crippen LogP contribution < -0.4 is 5.32 Å². The maximum atomic E-state index is 13.7. The van der Waals surface area contributed by atoms with E-state index in [1.165, 1.54) is 17.0 Å². The fourth-order valence-electron chi connectivity index (χ4n) is 2.12. The van der Waals surface area contributed by atoms with Gasteiger partial charge in [-0.15, -0.1) is 0 Å². The number of nitrogens with one attached hydrogen (secondary N) is 1. The summed E-state index contributed by atoms with van der Waals surface area (Å²) >= 11 is 6.33. The fourth-order valence-corrected chi connectivity index (χ4v) is 3.42. The standard InChI is InChI=1S/C17H19FN2O2S2/c1-17(2,3)19-14(21)8-9-20-15(22)13(24-16(20)23)10-11-6-4-5-7-12(11)18/h4-7,10H,8-9H2,1-3H3,(H,19,21). The summed E-state index contributed by atoms with van der Waals surface area (Å²) < 4.78 is 14.1. The second kappa shape index (κ2) is 7.44. The summed E-state index contributed by atoms with van der Waals surface area (Å²) in [6.45, 7) is 5.88. The molecule has 128 valence electrons. The lowest BCUT2D eigenvalue weighted by Crippen LogP contribution is -2.42. The number of halogens is 1. The van der Waals surface area contributed by atoms with Crippen LogP contribution in [-0.4, -0.2) is 33.1 Å². The Balaban J connectivity index is 2.04. The van der Waals surface area contributed by atoms with Crippen molar-refractivity contribution < 1.29 is 14.0 Å². The minimum atomic E-state index is -0.396. The predicted octanol–water partition coefficient (Wildman–Crippen LogP) is 3.33. The summed E-state index contributed by atoms with van der Waals surface area (Å²) in [6, 6.07) is 6.22. The number of amides is 2. The third-order valence-corrected chi connectivity index (χ3v) is 4.52. The molecule has 1 aliphatic heterocycles. The molecule has 2 amide bonds. The van der Waals surface area contributed by atoms with Crippen LogP contribution in [0.3, 0.4) is 0 Å². The van der Waals surface area contributed by atoms with Gasteiger partial charge in [0.05, 0.1) is 4.91 Å². The van der Waals surface area contributed by atoms with E-state index >= 15 is 0 Å². The van der Waals surface area contributed by atoms with Crippen LogP contribution >= 0.6 is 24.0 Å². The molecule has 0 aliphatic carbocycles. The second-order valence-corrected chi connectivity index (χ2v) is 8.08. The van der Waals surface area contributed by atoms with Crippen molar-refractivity contribution >= 4 is 46.2 Å². The van der Waals surface area contributed by atoms with Crippen molar-refractivity contribution in [2.24, 2.45) is 0 Å². The van der Waals surface area contributed by atoms with E-state index in [9.17, 15) is 14.0 Å². The fraction of sp³-hybridized carbons (Fsp3) is 0.353. The lowest BCUT2D eigenvalue weighted by atomic mass is 10.1. The Hall–Kier alpha value is -1.73. The van der Waals surface area contributed by atoms with E-state index in [0.29, 0.717) is 14.8 Å². The molecular formula is C17H19FN2O2S2. The van der Waals surface area contributed by atoms with Gasteiger partial charge in [0.1, 0.15) is 10.1 Å². The Morgan fingerprint density at radius 2 is 2.04 bits per heavy atom. The van der Waals surface area contributed by atoms with E-state index in [0.717, 1.165) is 11.8 Å². The van der Waals surface area contributed by atoms with E-state index in [1.54, 1.807) is 18.2 Å². The molecule has 1 saturated heterocycles. The highest BCUT2D eigenvalue weighted by Crippen LogP contribution is 2.32. The van der Waals surface area contributed by atoms with Crippen molar-refractivity contribution in [3.63, 3.8) is 0 Å². The first-order valence-electron chi connectivity index (χ1n) is 7.48. The number of hydrogen-bond acceptors (Lipinski definition) is 4. The summed E-state index contributed by atoms with van der Waals surface area (Å²) in [5.41, 5.74) is 0.0144. The molecule has 1 aromatic carbocycles. The van der Waals surface area contributed by atoms with E-state index in [1.807, 2.05) is 20.8 Å². The van der Waals surface area contributed by atoms with Crippen LogP contribution in [0.15, 0.2) is 29.2 Å². The molecular weight excluding hydrogens is 347 g/mol. The number of hydrogen-bond donors (Lipinski definition) is 1. The highest BCUT2D eigenvalue weighted by molar-refractivity contribution is 8.26. The predicted molar refractivity (Wildman–Crippen MR) is 98.8 cm³/mol. The number of carbonyl (C=O) groups is 2. The SMILES string of the molecule is CC(C)(C)NC(=O)CCN1C(=O)C(=Cc2ccccc2F)SC1=S. The molecule has 0 bridgehead atoms. The molecule has 0 saturated carbocycles. The molecule has 0 spiro atoms. The minimum absolute atomic E-state index is 0.144. The van der Waals surface area contributed by atoms with Crippen molar-refractivity contribution in [1.82, 2.24) is 10.2 Å². The average Bonchev–Trinajstić information content (AvgIpc) is 2.72. The van der Waals surface area contributed by atoms with Gasteiger partial charge < -0.3 is 5.32 Å². The molecule has 2 rings (SSSR count). The highest BCUT2D eigenvalue weighted by Gasteiger charge is 2.32. The molecule has 1 aromatic rings. The minimum Gasteiger partial charge on any atom is -0.351 e. The quantitative estimate of drug-likeness (QED) is 0.656. The zero-order valence-electron chi connectivity index (χ0n) is 13.8. The van der Waals surface area contributed by atoms with Crippen LogP contribution in [0.1, 0.15) is 32.8 Å². The molecule has 0 radical (unpaired) electrons. The average molecular weight is 366 g/mol. The molecule has 1 aliphatic rings. The number of nitrogens with zero attached hydrogens (tertiary/aromatic N) is 1. The first kappa shape index (κ1) is 18.6. The second-order valence-electron chi connectivity index (χ2n) is 6.40. The zero-order valence-corrected chi connectivity index (χ0v) is 15.4. The summed E-state index contributed by atoms with van der Waals surface area (Å²) in [5.74, 6) is -0.834. The maximum absolute atomic E-state index is 13.7. The monoisotopic (exact) mass is 366 g/mol. The van der Waals surface area contributed by atoms with Crippen molar-refractivity contribution in [3.8, 4) is 0 Å². The van der Waals surface area contributed by atoms with Crippen molar-refractivity contribution in [2.75, 3.05) is 6.54 Å². The largest absolute Gasteiger partial charge is 0.351 e. The van der Waals surface area contributed by atoms with E-state index in [-0.39, 0.29) is 30.3 Å². The van der Waals surface area contributed by atoms with E-state index in [2.05, 4.69) is 5.32 Å². The van der Waals surface area contributed by atoms with Gasteiger partial charge in [0.15, 0.2) is 0 Å². The zero-order chi connectivity index (χ0) is 17.9. The highest BCUT2D eigenvalue weighted by atomic mass is 32.2. The molecule has 4 nitrogen and oxygen atoms in total. The molecule has 7 heteroatoms. The van der Waals surface area contributed by atoms with Crippen molar-refractivity contribution in [3.05, 3.63) is 40.6 Å². The van der Waals surface area contributed by atoms with E-state index in [4.69, 9.17) is 12.2 Å². The molecule has 1 heterocycles. The van der Waals surface area contributed by atoms with Gasteiger partial charge in [0.25, 0.3) is 5.91 Å². The van der Waals surface area contributed by atoms with Crippen LogP contribution in [-0.2, 0) is 9.59 Å². The van der Waals surface area contributed by atoms with Gasteiger partial charge in [-0.2, -0.15) is 0 Å². The van der Waals surface area contributed by atoms with Crippen molar-refractivity contribution in [1.29, 1.82) is 0 Å². The molecule has 1 fully saturated rings. The smallest absolute Gasteiger partial charge is 0.266 e. The Bertz CT molecular complexity index is 711. The van der Waals surface area contributed by atoms with Crippen LogP contribution in [0.2, 0.25) is 0 Å². The summed E-state index contributed by atoms with van der Waals surface area (Å²) in [6.07, 6.45) is 1.65. The third-order valence-electron chi connectivity index (χ3n) is 3.14. The first-order chi connectivity index (χ1) is 11.2. The van der Waals surface area contributed by atoms with Gasteiger partial charge in [0.2, 0.25) is 5.91 Å². The van der Waals surface area contributed by atoms with Crippen LogP contribution in [0.25, 0.3) is 6.08 Å². The number of benzene rings is 1.